The van der Waals surface area contributed by atoms with Crippen molar-refractivity contribution in [1.29, 1.82) is 0 Å². The summed E-state index contributed by atoms with van der Waals surface area (Å²) in [4.78, 5) is 19.1. The van der Waals surface area contributed by atoms with Crippen LogP contribution in [0.4, 0.5) is 4.39 Å². The number of amides is 1. The first kappa shape index (κ1) is 21.9. The standard InChI is InChI=1S/C21H29FN4OS/c1-21(2,16-7-5-8-17(22)13-16)15-25-20(24-14-19(27)26(3)4)23-11-10-18-9-6-12-28-18/h5-9,12-13H,10-11,14-15H2,1-4H3,(H2,23,24,25). The van der Waals surface area contributed by atoms with Gasteiger partial charge >= 0.3 is 0 Å². The Bertz CT molecular complexity index is 787. The van der Waals surface area contributed by atoms with E-state index in [2.05, 4.69) is 27.1 Å². The zero-order chi connectivity index (χ0) is 20.6. The molecule has 0 aliphatic heterocycles. The molecule has 1 aromatic heterocycles. The van der Waals surface area contributed by atoms with E-state index < -0.39 is 0 Å². The average Bonchev–Trinajstić information content (AvgIpc) is 3.16. The molecular formula is C21H29FN4OS. The van der Waals surface area contributed by atoms with Crippen molar-refractivity contribution >= 4 is 23.2 Å². The zero-order valence-electron chi connectivity index (χ0n) is 17.0. The van der Waals surface area contributed by atoms with Gasteiger partial charge in [-0.25, -0.2) is 9.38 Å². The van der Waals surface area contributed by atoms with Gasteiger partial charge in [-0.3, -0.25) is 4.79 Å². The van der Waals surface area contributed by atoms with Gasteiger partial charge < -0.3 is 15.5 Å². The second-order valence-electron chi connectivity index (χ2n) is 7.46. The largest absolute Gasteiger partial charge is 0.356 e. The molecule has 2 N–H and O–H groups in total. The number of benzene rings is 1. The number of nitrogens with one attached hydrogen (secondary N) is 2. The van der Waals surface area contributed by atoms with Crippen molar-refractivity contribution in [2.45, 2.75) is 25.7 Å². The lowest BCUT2D eigenvalue weighted by molar-refractivity contribution is -0.127. The van der Waals surface area contributed by atoms with Gasteiger partial charge in [0.15, 0.2) is 5.96 Å². The average molecular weight is 405 g/mol. The van der Waals surface area contributed by atoms with E-state index in [1.54, 1.807) is 37.6 Å². The third kappa shape index (κ3) is 6.96. The second-order valence-corrected chi connectivity index (χ2v) is 8.49. The number of carbonyl (C=O) groups is 1. The van der Waals surface area contributed by atoms with Gasteiger partial charge in [0, 0.05) is 37.5 Å². The van der Waals surface area contributed by atoms with Crippen LogP contribution < -0.4 is 10.6 Å². The van der Waals surface area contributed by atoms with Gasteiger partial charge in [-0.05, 0) is 35.6 Å². The van der Waals surface area contributed by atoms with Crippen molar-refractivity contribution < 1.29 is 9.18 Å². The fourth-order valence-corrected chi connectivity index (χ4v) is 3.25. The molecule has 0 saturated heterocycles. The summed E-state index contributed by atoms with van der Waals surface area (Å²) in [6, 6.07) is 10.8. The molecule has 0 bridgehead atoms. The van der Waals surface area contributed by atoms with Crippen molar-refractivity contribution in [3.63, 3.8) is 0 Å². The Morgan fingerprint density at radius 3 is 2.64 bits per heavy atom. The molecular weight excluding hydrogens is 375 g/mol. The molecule has 28 heavy (non-hydrogen) atoms. The minimum Gasteiger partial charge on any atom is -0.356 e. The first-order valence-corrected chi connectivity index (χ1v) is 10.2. The molecule has 0 unspecified atom stereocenters. The normalized spacial score (nSPS) is 12.0. The van der Waals surface area contributed by atoms with Gasteiger partial charge in [0.1, 0.15) is 12.4 Å². The Balaban J connectivity index is 2.00. The van der Waals surface area contributed by atoms with E-state index in [0.29, 0.717) is 19.0 Å². The Kier molecular flexibility index (Phi) is 7.99. The van der Waals surface area contributed by atoms with E-state index in [1.807, 2.05) is 26.0 Å². The van der Waals surface area contributed by atoms with Crippen LogP contribution in [0.2, 0.25) is 0 Å². The number of carbonyl (C=O) groups excluding carboxylic acids is 1. The number of thiophene rings is 1. The summed E-state index contributed by atoms with van der Waals surface area (Å²) in [5.41, 5.74) is 0.603. The topological polar surface area (TPSA) is 56.7 Å². The highest BCUT2D eigenvalue weighted by molar-refractivity contribution is 7.09. The highest BCUT2D eigenvalue weighted by Crippen LogP contribution is 2.22. The smallest absolute Gasteiger partial charge is 0.243 e. The molecule has 7 heteroatoms. The molecule has 0 radical (unpaired) electrons. The van der Waals surface area contributed by atoms with Crippen molar-refractivity contribution in [1.82, 2.24) is 15.5 Å². The molecule has 2 aromatic rings. The molecule has 1 amide bonds. The van der Waals surface area contributed by atoms with Crippen LogP contribution in [0, 0.1) is 5.82 Å². The van der Waals surface area contributed by atoms with E-state index >= 15 is 0 Å². The lowest BCUT2D eigenvalue weighted by atomic mass is 9.84. The molecule has 0 aliphatic rings. The number of hydrogen-bond acceptors (Lipinski definition) is 3. The third-order valence-corrected chi connectivity index (χ3v) is 5.36. The Morgan fingerprint density at radius 2 is 2.00 bits per heavy atom. The van der Waals surface area contributed by atoms with Crippen LogP contribution >= 0.6 is 11.3 Å². The Labute approximate surface area is 170 Å². The SMILES string of the molecule is CN(C)C(=O)CN=C(NCCc1cccs1)NCC(C)(C)c1cccc(F)c1. The first-order chi connectivity index (χ1) is 13.3. The summed E-state index contributed by atoms with van der Waals surface area (Å²) in [5.74, 6) is 0.269. The van der Waals surface area contributed by atoms with Crippen LogP contribution in [0.25, 0.3) is 0 Å². The number of aliphatic imine (C=N–C) groups is 1. The molecule has 1 aromatic carbocycles. The van der Waals surface area contributed by atoms with Crippen LogP contribution in [0.5, 0.6) is 0 Å². The highest BCUT2D eigenvalue weighted by Gasteiger charge is 2.21. The molecule has 0 spiro atoms. The molecule has 2 rings (SSSR count). The summed E-state index contributed by atoms with van der Waals surface area (Å²) < 4.78 is 13.6. The fourth-order valence-electron chi connectivity index (χ4n) is 2.54. The number of guanidine groups is 1. The summed E-state index contributed by atoms with van der Waals surface area (Å²) >= 11 is 1.72. The number of halogens is 1. The molecule has 1 heterocycles. The minimum atomic E-state index is -0.302. The number of hydrogen-bond donors (Lipinski definition) is 2. The lowest BCUT2D eigenvalue weighted by Crippen LogP contribution is -2.44. The predicted octanol–water partition coefficient (Wildman–Crippen LogP) is 3.03. The Morgan fingerprint density at radius 1 is 1.21 bits per heavy atom. The van der Waals surface area contributed by atoms with Gasteiger partial charge in [-0.1, -0.05) is 32.0 Å². The summed E-state index contributed by atoms with van der Waals surface area (Å²) in [7, 11) is 3.42. The Hall–Kier alpha value is -2.41. The maximum Gasteiger partial charge on any atom is 0.243 e. The van der Waals surface area contributed by atoms with E-state index in [9.17, 15) is 9.18 Å². The van der Waals surface area contributed by atoms with Crippen molar-refractivity contribution in [2.75, 3.05) is 33.7 Å². The number of rotatable bonds is 8. The molecule has 0 aliphatic carbocycles. The van der Waals surface area contributed by atoms with E-state index in [4.69, 9.17) is 0 Å². The van der Waals surface area contributed by atoms with Crippen LogP contribution in [0.15, 0.2) is 46.8 Å². The van der Waals surface area contributed by atoms with Crippen molar-refractivity contribution in [2.24, 2.45) is 4.99 Å². The molecule has 5 nitrogen and oxygen atoms in total. The van der Waals surface area contributed by atoms with E-state index in [-0.39, 0.29) is 23.7 Å². The monoisotopic (exact) mass is 404 g/mol. The van der Waals surface area contributed by atoms with Crippen LogP contribution in [-0.4, -0.2) is 50.5 Å². The number of likely N-dealkylation sites (N-methyl/N-ethyl adjacent to an activating group) is 1. The van der Waals surface area contributed by atoms with Gasteiger partial charge in [-0.2, -0.15) is 0 Å². The fraction of sp³-hybridized carbons (Fsp3) is 0.429. The zero-order valence-corrected chi connectivity index (χ0v) is 17.8. The lowest BCUT2D eigenvalue weighted by Gasteiger charge is -2.27. The predicted molar refractivity (Wildman–Crippen MR) is 114 cm³/mol. The molecule has 0 atom stereocenters. The minimum absolute atomic E-state index is 0.0660. The number of nitrogens with zero attached hydrogens (tertiary/aromatic N) is 2. The second kappa shape index (κ2) is 10.2. The molecule has 0 fully saturated rings. The summed E-state index contributed by atoms with van der Waals surface area (Å²) in [6.07, 6.45) is 0.882. The first-order valence-electron chi connectivity index (χ1n) is 9.29. The highest BCUT2D eigenvalue weighted by atomic mass is 32.1. The quantitative estimate of drug-likeness (QED) is 0.525. The van der Waals surface area contributed by atoms with Gasteiger partial charge in [-0.15, -0.1) is 11.3 Å². The van der Waals surface area contributed by atoms with Crippen molar-refractivity contribution in [3.8, 4) is 0 Å². The molecule has 152 valence electrons. The van der Waals surface area contributed by atoms with Gasteiger partial charge in [0.05, 0.1) is 0 Å². The molecule has 0 saturated carbocycles. The van der Waals surface area contributed by atoms with Crippen molar-refractivity contribution in [3.05, 3.63) is 58.0 Å². The third-order valence-electron chi connectivity index (χ3n) is 4.42. The maximum absolute atomic E-state index is 13.6. The van der Waals surface area contributed by atoms with E-state index in [0.717, 1.165) is 12.0 Å². The summed E-state index contributed by atoms with van der Waals surface area (Å²) in [5, 5.41) is 8.65. The van der Waals surface area contributed by atoms with Gasteiger partial charge in [0.2, 0.25) is 5.91 Å². The van der Waals surface area contributed by atoms with E-state index in [1.165, 1.54) is 15.8 Å². The van der Waals surface area contributed by atoms with Crippen LogP contribution in [0.1, 0.15) is 24.3 Å². The maximum atomic E-state index is 13.6. The summed E-state index contributed by atoms with van der Waals surface area (Å²) in [6.45, 7) is 5.42. The van der Waals surface area contributed by atoms with Crippen LogP contribution in [0.3, 0.4) is 0 Å². The van der Waals surface area contributed by atoms with Crippen LogP contribution in [-0.2, 0) is 16.6 Å². The van der Waals surface area contributed by atoms with Gasteiger partial charge in [0.25, 0.3) is 0 Å².